The van der Waals surface area contributed by atoms with Crippen LogP contribution >= 0.6 is 0 Å². The molecule has 0 fully saturated rings. The van der Waals surface area contributed by atoms with E-state index in [1.165, 1.54) is 0 Å². The molecule has 0 aliphatic heterocycles. The van der Waals surface area contributed by atoms with Gasteiger partial charge in [-0.3, -0.25) is 0 Å². The molecule has 3 rings (SSSR count). The van der Waals surface area contributed by atoms with Crippen LogP contribution in [0.4, 0.5) is 10.5 Å². The highest BCUT2D eigenvalue weighted by molar-refractivity contribution is 5.90. The Kier molecular flexibility index (Phi) is 5.79. The van der Waals surface area contributed by atoms with Gasteiger partial charge in [-0.25, -0.2) is 10.2 Å². The number of anilines is 1. The Morgan fingerprint density at radius 2 is 1.82 bits per heavy atom. The Labute approximate surface area is 164 Å². The summed E-state index contributed by atoms with van der Waals surface area (Å²) in [6, 6.07) is 16.9. The number of hydrazone groups is 1. The van der Waals surface area contributed by atoms with Crippen molar-refractivity contribution in [1.29, 1.82) is 0 Å². The fraction of sp³-hybridized carbons (Fsp3) is 0.182. The molecule has 0 aliphatic rings. The smallest absolute Gasteiger partial charge is 0.339 e. The van der Waals surface area contributed by atoms with Crippen LogP contribution in [0.2, 0.25) is 0 Å². The van der Waals surface area contributed by atoms with Gasteiger partial charge in [0.25, 0.3) is 0 Å². The maximum Gasteiger partial charge on any atom is 0.339 e. The van der Waals surface area contributed by atoms with Crippen LogP contribution in [-0.2, 0) is 0 Å². The van der Waals surface area contributed by atoms with Crippen molar-refractivity contribution in [1.82, 2.24) is 9.99 Å². The van der Waals surface area contributed by atoms with Crippen molar-refractivity contribution >= 4 is 17.9 Å². The largest absolute Gasteiger partial charge is 0.495 e. The summed E-state index contributed by atoms with van der Waals surface area (Å²) in [5.41, 5.74) is 8.31. The van der Waals surface area contributed by atoms with Crippen molar-refractivity contribution in [2.75, 3.05) is 12.4 Å². The van der Waals surface area contributed by atoms with E-state index in [0.29, 0.717) is 5.69 Å². The fourth-order valence-corrected chi connectivity index (χ4v) is 3.10. The van der Waals surface area contributed by atoms with Gasteiger partial charge in [-0.1, -0.05) is 24.3 Å². The third-order valence-electron chi connectivity index (χ3n) is 4.45. The Balaban J connectivity index is 1.78. The number of benzene rings is 2. The number of aromatic nitrogens is 1. The number of carbonyl (C=O) groups is 1. The first kappa shape index (κ1) is 19.2. The van der Waals surface area contributed by atoms with Crippen molar-refractivity contribution in [3.8, 4) is 11.4 Å². The van der Waals surface area contributed by atoms with Crippen molar-refractivity contribution < 1.29 is 9.53 Å². The Hall–Kier alpha value is -3.54. The monoisotopic (exact) mass is 376 g/mol. The number of urea groups is 1. The quantitative estimate of drug-likeness (QED) is 0.506. The van der Waals surface area contributed by atoms with E-state index in [-0.39, 0.29) is 0 Å². The normalized spacial score (nSPS) is 10.9. The van der Waals surface area contributed by atoms with Gasteiger partial charge in [-0.05, 0) is 56.7 Å². The van der Waals surface area contributed by atoms with Gasteiger partial charge < -0.3 is 14.6 Å². The Bertz CT molecular complexity index is 1010. The lowest BCUT2D eigenvalue weighted by Crippen LogP contribution is -2.24. The Morgan fingerprint density at radius 3 is 2.54 bits per heavy atom. The predicted octanol–water partition coefficient (Wildman–Crippen LogP) is 4.57. The minimum Gasteiger partial charge on any atom is -0.495 e. The molecule has 2 amide bonds. The molecule has 2 aromatic carbocycles. The maximum atomic E-state index is 11.9. The summed E-state index contributed by atoms with van der Waals surface area (Å²) in [4.78, 5) is 11.9. The van der Waals surface area contributed by atoms with E-state index in [4.69, 9.17) is 4.74 Å². The topological polar surface area (TPSA) is 67.6 Å². The van der Waals surface area contributed by atoms with Crippen molar-refractivity contribution in [2.45, 2.75) is 20.8 Å². The number of hydrogen-bond donors (Lipinski definition) is 2. The van der Waals surface area contributed by atoms with Crippen LogP contribution in [0.5, 0.6) is 5.75 Å². The molecule has 2 N–H and O–H groups in total. The van der Waals surface area contributed by atoms with Crippen LogP contribution in [0.3, 0.4) is 0 Å². The lowest BCUT2D eigenvalue weighted by molar-refractivity contribution is 0.252. The molecular formula is C22H24N4O2. The zero-order valence-corrected chi connectivity index (χ0v) is 16.5. The fourth-order valence-electron chi connectivity index (χ4n) is 3.10. The number of methoxy groups -OCH3 is 1. The van der Waals surface area contributed by atoms with Crippen LogP contribution in [0.25, 0.3) is 5.69 Å². The zero-order chi connectivity index (χ0) is 20.1. The van der Waals surface area contributed by atoms with Gasteiger partial charge in [-0.2, -0.15) is 5.10 Å². The van der Waals surface area contributed by atoms with Crippen LogP contribution in [0, 0.1) is 20.8 Å². The Morgan fingerprint density at radius 1 is 1.07 bits per heavy atom. The van der Waals surface area contributed by atoms with E-state index in [1.807, 2.05) is 62.4 Å². The van der Waals surface area contributed by atoms with Crippen LogP contribution in [0.1, 0.15) is 22.5 Å². The van der Waals surface area contributed by atoms with Gasteiger partial charge in [-0.15, -0.1) is 0 Å². The molecule has 0 radical (unpaired) electrons. The second-order valence-corrected chi connectivity index (χ2v) is 6.53. The number of rotatable bonds is 5. The van der Waals surface area contributed by atoms with Gasteiger partial charge in [0.1, 0.15) is 5.75 Å². The lowest BCUT2D eigenvalue weighted by atomic mass is 10.2. The molecular weight excluding hydrogens is 352 g/mol. The van der Waals surface area contributed by atoms with E-state index < -0.39 is 6.03 Å². The summed E-state index contributed by atoms with van der Waals surface area (Å²) >= 11 is 0. The lowest BCUT2D eigenvalue weighted by Gasteiger charge is -2.14. The van der Waals surface area contributed by atoms with E-state index in [0.717, 1.165) is 34.0 Å². The first-order valence-electron chi connectivity index (χ1n) is 8.98. The van der Waals surface area contributed by atoms with Crippen molar-refractivity contribution in [3.63, 3.8) is 0 Å². The number of carbonyl (C=O) groups excluding carboxylic acids is 1. The molecule has 0 spiro atoms. The standard InChI is InChI=1S/C22H24N4O2/c1-15-10-11-21(28-4)20(12-15)26-16(2)13-18(17(26)3)14-23-25-22(27)24-19-8-6-5-7-9-19/h5-14H,1-4H3,(H2,24,25,27)/b23-14-. The number of ether oxygens (including phenoxy) is 1. The summed E-state index contributed by atoms with van der Waals surface area (Å²) in [5, 5.41) is 6.80. The van der Waals surface area contributed by atoms with Gasteiger partial charge in [0, 0.05) is 22.6 Å². The first-order chi connectivity index (χ1) is 13.5. The van der Waals surface area contributed by atoms with Gasteiger partial charge in [0.2, 0.25) is 0 Å². The average molecular weight is 376 g/mol. The summed E-state index contributed by atoms with van der Waals surface area (Å²) in [6.45, 7) is 6.09. The highest BCUT2D eigenvalue weighted by Crippen LogP contribution is 2.28. The van der Waals surface area contributed by atoms with E-state index in [1.54, 1.807) is 13.3 Å². The predicted molar refractivity (Wildman–Crippen MR) is 113 cm³/mol. The summed E-state index contributed by atoms with van der Waals surface area (Å²) in [7, 11) is 1.67. The summed E-state index contributed by atoms with van der Waals surface area (Å²) < 4.78 is 7.65. The third-order valence-corrected chi connectivity index (χ3v) is 4.45. The number of amides is 2. The first-order valence-corrected chi connectivity index (χ1v) is 8.98. The molecule has 1 aromatic heterocycles. The van der Waals surface area contributed by atoms with Gasteiger partial charge in [0.05, 0.1) is 19.0 Å². The third kappa shape index (κ3) is 4.23. The summed E-state index contributed by atoms with van der Waals surface area (Å²) in [6.07, 6.45) is 1.64. The van der Waals surface area contributed by atoms with Crippen LogP contribution in [0.15, 0.2) is 59.7 Å². The molecule has 0 unspecified atom stereocenters. The zero-order valence-electron chi connectivity index (χ0n) is 16.5. The second kappa shape index (κ2) is 8.43. The maximum absolute atomic E-state index is 11.9. The minimum absolute atomic E-state index is 0.392. The highest BCUT2D eigenvalue weighted by Gasteiger charge is 2.13. The molecule has 6 nitrogen and oxygen atoms in total. The van der Waals surface area contributed by atoms with Gasteiger partial charge >= 0.3 is 6.03 Å². The van der Waals surface area contributed by atoms with E-state index in [9.17, 15) is 4.79 Å². The number of hydrogen-bond acceptors (Lipinski definition) is 3. The van der Waals surface area contributed by atoms with Crippen molar-refractivity contribution in [3.05, 3.63) is 77.1 Å². The molecule has 6 heteroatoms. The number of aryl methyl sites for hydroxylation is 2. The molecule has 28 heavy (non-hydrogen) atoms. The van der Waals surface area contributed by atoms with Crippen LogP contribution < -0.4 is 15.5 Å². The molecule has 0 saturated carbocycles. The highest BCUT2D eigenvalue weighted by atomic mass is 16.5. The number of nitrogens with one attached hydrogen (secondary N) is 2. The van der Waals surface area contributed by atoms with Crippen LogP contribution in [-0.4, -0.2) is 23.9 Å². The van der Waals surface area contributed by atoms with E-state index in [2.05, 4.69) is 33.4 Å². The van der Waals surface area contributed by atoms with E-state index >= 15 is 0 Å². The molecule has 0 saturated heterocycles. The molecule has 1 heterocycles. The molecule has 144 valence electrons. The second-order valence-electron chi connectivity index (χ2n) is 6.53. The molecule has 3 aromatic rings. The summed E-state index contributed by atoms with van der Waals surface area (Å²) in [5.74, 6) is 0.802. The molecule has 0 bridgehead atoms. The number of para-hydroxylation sites is 1. The van der Waals surface area contributed by atoms with Crippen molar-refractivity contribution in [2.24, 2.45) is 5.10 Å². The van der Waals surface area contributed by atoms with Gasteiger partial charge in [0.15, 0.2) is 0 Å². The molecule has 0 atom stereocenters. The minimum atomic E-state index is -0.392. The SMILES string of the molecule is COc1ccc(C)cc1-n1c(C)cc(/C=N\NC(=O)Nc2ccccc2)c1C. The average Bonchev–Trinajstić information content (AvgIpc) is 2.96. The molecule has 0 aliphatic carbocycles. The number of nitrogens with zero attached hydrogens (tertiary/aromatic N) is 2.